The third-order valence-electron chi connectivity index (χ3n) is 10.5. The van der Waals surface area contributed by atoms with Crippen LogP contribution in [0.1, 0.15) is 78.7 Å². The number of carboxylic acids is 3. The van der Waals surface area contributed by atoms with Gasteiger partial charge in [0.05, 0.1) is 18.6 Å². The lowest BCUT2D eigenvalue weighted by atomic mass is 10.0. The van der Waals surface area contributed by atoms with Crippen molar-refractivity contribution in [1.82, 2.24) is 41.8 Å². The van der Waals surface area contributed by atoms with E-state index in [4.69, 9.17) is 10.8 Å². The second-order valence-electron chi connectivity index (χ2n) is 16.2. The summed E-state index contributed by atoms with van der Waals surface area (Å²) in [6, 6.07) is -4.23. The van der Waals surface area contributed by atoms with Crippen molar-refractivity contribution in [3.05, 3.63) is 36.0 Å². The number of carbonyl (C=O) groups is 10. The van der Waals surface area contributed by atoms with Crippen LogP contribution in [0.4, 0.5) is 0 Å². The molecule has 7 amide bonds. The van der Waals surface area contributed by atoms with E-state index >= 15 is 0 Å². The Hall–Kier alpha value is -6.62. The number of carboxylic acid groups (broad SMARTS) is 3. The Morgan fingerprint density at radius 1 is 0.750 bits per heavy atom. The second-order valence-corrected chi connectivity index (χ2v) is 16.2. The van der Waals surface area contributed by atoms with Crippen molar-refractivity contribution >= 4 is 70.2 Å². The van der Waals surface area contributed by atoms with E-state index in [2.05, 4.69) is 36.9 Å². The molecule has 13 N–H and O–H groups in total. The monoisotopic (exact) mass is 901 g/mol. The highest BCUT2D eigenvalue weighted by Gasteiger charge is 2.40. The maximum absolute atomic E-state index is 13.9. The average molecular weight is 902 g/mol. The Morgan fingerprint density at radius 3 is 1.94 bits per heavy atom. The quantitative estimate of drug-likeness (QED) is 0.0533. The lowest BCUT2D eigenvalue weighted by molar-refractivity contribution is -0.147. The summed E-state index contributed by atoms with van der Waals surface area (Å²) in [6.07, 6.45) is -1.03. The molecule has 1 fully saturated rings. The zero-order valence-electron chi connectivity index (χ0n) is 36.2. The first-order valence-electron chi connectivity index (χ1n) is 20.8. The number of rotatable bonds is 24. The van der Waals surface area contributed by atoms with Crippen molar-refractivity contribution in [2.24, 2.45) is 11.7 Å². The van der Waals surface area contributed by atoms with Crippen LogP contribution < -0.4 is 37.6 Å². The van der Waals surface area contributed by atoms with Gasteiger partial charge in [0, 0.05) is 36.5 Å². The van der Waals surface area contributed by atoms with Crippen LogP contribution in [0.5, 0.6) is 0 Å². The molecule has 0 spiro atoms. The molecular formula is C41H59N9O14. The summed E-state index contributed by atoms with van der Waals surface area (Å²) < 4.78 is 0. The van der Waals surface area contributed by atoms with Gasteiger partial charge in [-0.25, -0.2) is 4.79 Å². The fraction of sp³-hybridized carbons (Fsp3) is 0.561. The van der Waals surface area contributed by atoms with Crippen LogP contribution in [-0.2, 0) is 54.4 Å². The fourth-order valence-corrected chi connectivity index (χ4v) is 6.99. The van der Waals surface area contributed by atoms with Crippen LogP contribution in [0, 0.1) is 5.92 Å². The number of amides is 7. The number of benzene rings is 1. The Labute approximate surface area is 368 Å². The Balaban J connectivity index is 1.77. The van der Waals surface area contributed by atoms with E-state index in [0.717, 1.165) is 4.90 Å². The Bertz CT molecular complexity index is 2060. The van der Waals surface area contributed by atoms with Crippen LogP contribution in [0.15, 0.2) is 30.5 Å². The summed E-state index contributed by atoms with van der Waals surface area (Å²) in [5.41, 5.74) is 7.00. The number of para-hydroxylation sites is 1. The molecule has 1 aromatic heterocycles. The van der Waals surface area contributed by atoms with Crippen molar-refractivity contribution in [2.75, 3.05) is 6.54 Å². The van der Waals surface area contributed by atoms with E-state index in [-0.39, 0.29) is 38.1 Å². The van der Waals surface area contributed by atoms with E-state index in [9.17, 15) is 63.3 Å². The number of nitrogens with zero attached hydrogens (tertiary/aromatic N) is 1. The smallest absolute Gasteiger partial charge is 0.326 e. The maximum Gasteiger partial charge on any atom is 0.326 e. The minimum absolute atomic E-state index is 0.0162. The molecular weight excluding hydrogens is 842 g/mol. The summed E-state index contributed by atoms with van der Waals surface area (Å²) in [5, 5.41) is 53.5. The molecule has 0 unspecified atom stereocenters. The standard InChI is InChI=1S/C41H59N9O14/c1-19(2)15-29(41(63)64)48-38(60)30-11-8-14-50(30)40(62)28(17-32(54)55)47-35(57)20(3)44-37(59)27(16-23-18-43-26-10-7-6-9-24(23)26)46-34(56)21(4)45-39(61)33(22(5)51)49-36(58)25(42)12-13-31(52)53/h6-7,9-10,18-22,25,27-30,33,43,51H,8,11-17,42H2,1-5H3,(H,44,59)(H,45,61)(H,46,56)(H,47,57)(H,48,60)(H,49,58)(H,52,53)(H,54,55)(H,63,64)/t20-,21-,22+,25-,27-,28-,29-,30-,33-/m0/s1. The number of H-pyrrole nitrogens is 1. The summed E-state index contributed by atoms with van der Waals surface area (Å²) in [5.74, 6) is -10.4. The van der Waals surface area contributed by atoms with Crippen LogP contribution in [0.3, 0.4) is 0 Å². The van der Waals surface area contributed by atoms with Gasteiger partial charge in [0.25, 0.3) is 0 Å². The predicted octanol–water partition coefficient (Wildman–Crippen LogP) is -2.17. The summed E-state index contributed by atoms with van der Waals surface area (Å²) >= 11 is 0. The molecule has 3 rings (SSSR count). The highest BCUT2D eigenvalue weighted by atomic mass is 16.4. The number of aliphatic hydroxyl groups is 1. The van der Waals surface area contributed by atoms with E-state index in [1.165, 1.54) is 20.8 Å². The number of hydrogen-bond donors (Lipinski definition) is 12. The normalized spacial score (nSPS) is 17.4. The zero-order valence-corrected chi connectivity index (χ0v) is 36.2. The summed E-state index contributed by atoms with van der Waals surface area (Å²) in [4.78, 5) is 132. The lowest BCUT2D eigenvalue weighted by Crippen LogP contribution is -2.60. The molecule has 0 aliphatic carbocycles. The largest absolute Gasteiger partial charge is 0.481 e. The van der Waals surface area contributed by atoms with Gasteiger partial charge in [-0.05, 0) is 64.0 Å². The molecule has 0 bridgehead atoms. The fourth-order valence-electron chi connectivity index (χ4n) is 6.99. The molecule has 1 aromatic carbocycles. The van der Waals surface area contributed by atoms with Gasteiger partial charge >= 0.3 is 17.9 Å². The average Bonchev–Trinajstić information content (AvgIpc) is 3.88. The molecule has 352 valence electrons. The number of hydrogen-bond acceptors (Lipinski definition) is 12. The van der Waals surface area contributed by atoms with Crippen molar-refractivity contribution < 1.29 is 68.4 Å². The minimum atomic E-state index is -1.70. The van der Waals surface area contributed by atoms with Gasteiger partial charge in [-0.3, -0.25) is 43.2 Å². The van der Waals surface area contributed by atoms with Gasteiger partial charge in [0.2, 0.25) is 41.4 Å². The summed E-state index contributed by atoms with van der Waals surface area (Å²) in [6.45, 7) is 7.25. The zero-order chi connectivity index (χ0) is 48.0. The Morgan fingerprint density at radius 2 is 1.36 bits per heavy atom. The molecule has 0 radical (unpaired) electrons. The molecule has 2 aromatic rings. The Kier molecular flexibility index (Phi) is 19.2. The van der Waals surface area contributed by atoms with Crippen molar-refractivity contribution in [3.8, 4) is 0 Å². The summed E-state index contributed by atoms with van der Waals surface area (Å²) in [7, 11) is 0. The topological polar surface area (TPSA) is 369 Å². The van der Waals surface area contributed by atoms with Gasteiger partial charge in [0.1, 0.15) is 42.3 Å². The van der Waals surface area contributed by atoms with Crippen molar-refractivity contribution in [2.45, 2.75) is 134 Å². The van der Waals surface area contributed by atoms with Crippen molar-refractivity contribution in [3.63, 3.8) is 0 Å². The van der Waals surface area contributed by atoms with Crippen LogP contribution >= 0.6 is 0 Å². The first kappa shape index (κ1) is 51.7. The van der Waals surface area contributed by atoms with Crippen LogP contribution in [0.25, 0.3) is 10.9 Å². The molecule has 9 atom stereocenters. The SMILES string of the molecule is CC(C)C[C@H](NC(=O)[C@@H]1CCCN1C(=O)[C@H](CC(=O)O)NC(=O)[C@H](C)NC(=O)[C@H](Cc1c[nH]c2ccccc12)NC(=O)[C@H](C)NC(=O)[C@@H](NC(=O)[C@@H](N)CCC(=O)O)[C@@H](C)O)C(=O)O. The highest BCUT2D eigenvalue weighted by Crippen LogP contribution is 2.21. The van der Waals surface area contributed by atoms with Crippen molar-refractivity contribution in [1.29, 1.82) is 0 Å². The number of aromatic nitrogens is 1. The number of likely N-dealkylation sites (tertiary alicyclic amines) is 1. The molecule has 1 saturated heterocycles. The molecule has 1 aliphatic rings. The van der Waals surface area contributed by atoms with Crippen LogP contribution in [0.2, 0.25) is 0 Å². The lowest BCUT2D eigenvalue weighted by Gasteiger charge is -2.30. The minimum Gasteiger partial charge on any atom is -0.481 e. The molecule has 64 heavy (non-hydrogen) atoms. The third-order valence-corrected chi connectivity index (χ3v) is 10.5. The molecule has 23 heteroatoms. The van der Waals surface area contributed by atoms with Crippen LogP contribution in [-0.4, -0.2) is 151 Å². The highest BCUT2D eigenvalue weighted by molar-refractivity contribution is 5.99. The van der Waals surface area contributed by atoms with Gasteiger partial charge in [-0.15, -0.1) is 0 Å². The molecule has 23 nitrogen and oxygen atoms in total. The number of aliphatic hydroxyl groups excluding tert-OH is 1. The second kappa shape index (κ2) is 23.7. The number of aliphatic carboxylic acids is 3. The number of carbonyl (C=O) groups excluding carboxylic acids is 7. The molecule has 0 saturated carbocycles. The van der Waals surface area contributed by atoms with Gasteiger partial charge in [0.15, 0.2) is 0 Å². The van der Waals surface area contributed by atoms with E-state index in [1.807, 2.05) is 0 Å². The van der Waals surface area contributed by atoms with Gasteiger partial charge in [-0.1, -0.05) is 32.0 Å². The number of nitrogens with one attached hydrogen (secondary N) is 7. The first-order valence-corrected chi connectivity index (χ1v) is 20.8. The number of nitrogens with two attached hydrogens (primary N) is 1. The molecule has 2 heterocycles. The maximum atomic E-state index is 13.9. The first-order chi connectivity index (χ1) is 30.0. The number of aromatic amines is 1. The predicted molar refractivity (Wildman–Crippen MR) is 226 cm³/mol. The van der Waals surface area contributed by atoms with E-state index in [0.29, 0.717) is 22.9 Å². The third kappa shape index (κ3) is 15.0. The van der Waals surface area contributed by atoms with Gasteiger partial charge in [-0.2, -0.15) is 0 Å². The number of fused-ring (bicyclic) bond motifs is 1. The van der Waals surface area contributed by atoms with Gasteiger partial charge < -0.3 is 67.9 Å². The van der Waals surface area contributed by atoms with E-state index < -0.39 is 127 Å². The van der Waals surface area contributed by atoms with E-state index in [1.54, 1.807) is 44.3 Å². The molecule has 1 aliphatic heterocycles.